The summed E-state index contributed by atoms with van der Waals surface area (Å²) in [5.74, 6) is 0. The maximum atomic E-state index is 9.75. The van der Waals surface area contributed by atoms with Crippen LogP contribution in [0.3, 0.4) is 0 Å². The molecule has 0 radical (unpaired) electrons. The van der Waals surface area contributed by atoms with Crippen LogP contribution in [0.4, 0.5) is 34.5 Å². The van der Waals surface area contributed by atoms with Crippen LogP contribution in [0.5, 0.6) is 0 Å². The molecular formula is C30H50B2F8N4. The smallest absolute Gasteiger partial charge is 0.418 e. The highest BCUT2D eigenvalue weighted by atomic mass is 19.5. The number of piperazine rings is 1. The summed E-state index contributed by atoms with van der Waals surface area (Å²) in [6.07, 6.45) is 0. The Morgan fingerprint density at radius 2 is 0.750 bits per heavy atom. The third-order valence-electron chi connectivity index (χ3n) is 8.65. The predicted octanol–water partition coefficient (Wildman–Crippen LogP) is 7.32. The summed E-state index contributed by atoms with van der Waals surface area (Å²) in [5, 5.41) is 0. The first-order valence-electron chi connectivity index (χ1n) is 15.5. The molecule has 252 valence electrons. The van der Waals surface area contributed by atoms with Gasteiger partial charge in [-0.05, 0) is 27.7 Å². The van der Waals surface area contributed by atoms with E-state index in [1.807, 2.05) is 0 Å². The van der Waals surface area contributed by atoms with Gasteiger partial charge in [0.25, 0.3) is 0 Å². The van der Waals surface area contributed by atoms with E-state index >= 15 is 0 Å². The van der Waals surface area contributed by atoms with Gasteiger partial charge in [0, 0.05) is 50.4 Å². The number of likely N-dealkylation sites (N-methyl/N-ethyl adjacent to an activating group) is 2. The molecular weight excluding hydrogens is 590 g/mol. The summed E-state index contributed by atoms with van der Waals surface area (Å²) in [4.78, 5) is 5.43. The Kier molecular flexibility index (Phi) is 17.6. The quantitative estimate of drug-likeness (QED) is 0.121. The molecule has 0 saturated carbocycles. The van der Waals surface area contributed by atoms with Crippen LogP contribution in [0.15, 0.2) is 60.7 Å². The summed E-state index contributed by atoms with van der Waals surface area (Å²) >= 11 is 0. The lowest BCUT2D eigenvalue weighted by molar-refractivity contribution is -0.937. The topological polar surface area (TPSA) is 6.48 Å². The summed E-state index contributed by atoms with van der Waals surface area (Å²) in [6, 6.07) is 22.1. The lowest BCUT2D eigenvalue weighted by Crippen LogP contribution is -2.56. The van der Waals surface area contributed by atoms with Crippen molar-refractivity contribution in [3.63, 3.8) is 0 Å². The van der Waals surface area contributed by atoms with Crippen LogP contribution in [0.2, 0.25) is 0 Å². The van der Waals surface area contributed by atoms with Crippen molar-refractivity contribution in [2.75, 3.05) is 78.5 Å². The zero-order valence-corrected chi connectivity index (χ0v) is 26.6. The van der Waals surface area contributed by atoms with Crippen LogP contribution in [-0.4, -0.2) is 112 Å². The van der Waals surface area contributed by atoms with Crippen molar-refractivity contribution in [1.82, 2.24) is 9.80 Å². The third kappa shape index (κ3) is 18.0. The average Bonchev–Trinajstić information content (AvgIpc) is 2.97. The van der Waals surface area contributed by atoms with E-state index in [-0.39, 0.29) is 0 Å². The van der Waals surface area contributed by atoms with Crippen LogP contribution >= 0.6 is 0 Å². The largest absolute Gasteiger partial charge is 0.673 e. The van der Waals surface area contributed by atoms with Gasteiger partial charge in [-0.2, -0.15) is 0 Å². The van der Waals surface area contributed by atoms with Gasteiger partial charge in [-0.15, -0.1) is 0 Å². The molecule has 0 aromatic heterocycles. The highest BCUT2D eigenvalue weighted by Crippen LogP contribution is 2.17. The second kappa shape index (κ2) is 19.4. The van der Waals surface area contributed by atoms with E-state index in [0.717, 1.165) is 13.1 Å². The molecule has 0 bridgehead atoms. The first kappa shape index (κ1) is 39.9. The minimum atomic E-state index is -6.00. The number of nitrogens with zero attached hydrogens (tertiary/aromatic N) is 4. The average molecular weight is 640 g/mol. The van der Waals surface area contributed by atoms with E-state index in [1.54, 1.807) is 0 Å². The lowest BCUT2D eigenvalue weighted by atomic mass is 10.1. The molecule has 2 aromatic rings. The van der Waals surface area contributed by atoms with Crippen LogP contribution in [-0.2, 0) is 13.1 Å². The van der Waals surface area contributed by atoms with Crippen molar-refractivity contribution in [3.8, 4) is 0 Å². The zero-order chi connectivity index (χ0) is 33.3. The van der Waals surface area contributed by atoms with Crippen LogP contribution in [0, 0.1) is 0 Å². The first-order valence-corrected chi connectivity index (χ1v) is 15.5. The first-order chi connectivity index (χ1) is 20.6. The fourth-order valence-electron chi connectivity index (χ4n) is 5.57. The molecule has 2 aromatic carbocycles. The maximum absolute atomic E-state index is 9.75. The molecule has 1 heterocycles. The van der Waals surface area contributed by atoms with Gasteiger partial charge in [0.15, 0.2) is 0 Å². The standard InChI is InChI=1S/C30H50N4.2BF4/c1-5-33(6-2,27-29-15-11-9-12-16-29)25-23-31-19-21-32(22-20-31)24-26-34(7-3,8-4)28-30-17-13-10-14-18-30;2*2-1(3,4)5/h9-18H,5-8,19-28H2,1-4H3;;/q+2;2*-1. The van der Waals surface area contributed by atoms with Gasteiger partial charge in [-0.25, -0.2) is 0 Å². The number of halogens is 8. The number of benzene rings is 2. The molecule has 0 atom stereocenters. The lowest BCUT2D eigenvalue weighted by Gasteiger charge is -2.42. The Morgan fingerprint density at radius 3 is 0.977 bits per heavy atom. The van der Waals surface area contributed by atoms with Gasteiger partial charge in [0.2, 0.25) is 0 Å². The Bertz CT molecular complexity index is 904. The summed E-state index contributed by atoms with van der Waals surface area (Å²) in [7, 11) is -12.0. The molecule has 14 heteroatoms. The molecule has 0 N–H and O–H groups in total. The van der Waals surface area contributed by atoms with Gasteiger partial charge < -0.3 is 43.5 Å². The number of hydrogen-bond donors (Lipinski definition) is 0. The Labute approximate surface area is 259 Å². The second-order valence-corrected chi connectivity index (χ2v) is 11.4. The molecule has 0 amide bonds. The monoisotopic (exact) mass is 640 g/mol. The van der Waals surface area contributed by atoms with E-state index in [2.05, 4.69) is 98.2 Å². The number of hydrogen-bond acceptors (Lipinski definition) is 2. The van der Waals surface area contributed by atoms with Crippen molar-refractivity contribution >= 4 is 14.5 Å². The molecule has 4 nitrogen and oxygen atoms in total. The highest BCUT2D eigenvalue weighted by Gasteiger charge is 2.28. The molecule has 0 aliphatic carbocycles. The predicted molar refractivity (Wildman–Crippen MR) is 166 cm³/mol. The van der Waals surface area contributed by atoms with Gasteiger partial charge in [-0.1, -0.05) is 60.7 Å². The number of rotatable bonds is 14. The van der Waals surface area contributed by atoms with Crippen molar-refractivity contribution in [3.05, 3.63) is 71.8 Å². The normalized spacial score (nSPS) is 15.2. The minimum Gasteiger partial charge on any atom is -0.418 e. The van der Waals surface area contributed by atoms with E-state index in [1.165, 1.54) is 98.6 Å². The van der Waals surface area contributed by atoms with Gasteiger partial charge >= 0.3 is 14.5 Å². The van der Waals surface area contributed by atoms with Crippen molar-refractivity contribution in [2.45, 2.75) is 40.8 Å². The van der Waals surface area contributed by atoms with E-state index < -0.39 is 14.5 Å². The molecule has 0 unspecified atom stereocenters. The maximum Gasteiger partial charge on any atom is 0.673 e. The fourth-order valence-corrected chi connectivity index (χ4v) is 5.57. The van der Waals surface area contributed by atoms with Crippen molar-refractivity contribution in [2.24, 2.45) is 0 Å². The molecule has 1 fully saturated rings. The second-order valence-electron chi connectivity index (χ2n) is 11.4. The molecule has 3 rings (SSSR count). The van der Waals surface area contributed by atoms with E-state index in [0.29, 0.717) is 0 Å². The Hall–Kier alpha value is -2.15. The van der Waals surface area contributed by atoms with Crippen LogP contribution in [0.1, 0.15) is 38.8 Å². The van der Waals surface area contributed by atoms with Crippen molar-refractivity contribution < 1.29 is 43.5 Å². The SMILES string of the molecule is CC[N+](CC)(CCN1CCN(CC[N+](CC)(CC)Cc2ccccc2)CC1)Cc1ccccc1.F[B-](F)(F)F.F[B-](F)(F)F. The van der Waals surface area contributed by atoms with Crippen LogP contribution < -0.4 is 0 Å². The fraction of sp³-hybridized carbons (Fsp3) is 0.600. The van der Waals surface area contributed by atoms with E-state index in [9.17, 15) is 34.5 Å². The molecule has 44 heavy (non-hydrogen) atoms. The van der Waals surface area contributed by atoms with Gasteiger partial charge in [0.05, 0.1) is 39.3 Å². The molecule has 1 saturated heterocycles. The van der Waals surface area contributed by atoms with Crippen molar-refractivity contribution in [1.29, 1.82) is 0 Å². The summed E-state index contributed by atoms with van der Waals surface area (Å²) in [5.41, 5.74) is 2.94. The third-order valence-corrected chi connectivity index (χ3v) is 8.65. The zero-order valence-electron chi connectivity index (χ0n) is 26.6. The Balaban J connectivity index is 0.000000837. The van der Waals surface area contributed by atoms with Gasteiger partial charge in [0.1, 0.15) is 13.1 Å². The highest BCUT2D eigenvalue weighted by molar-refractivity contribution is 6.50. The van der Waals surface area contributed by atoms with Gasteiger partial charge in [-0.3, -0.25) is 9.80 Å². The minimum absolute atomic E-state index is 1.16. The summed E-state index contributed by atoms with van der Waals surface area (Å²) < 4.78 is 80.4. The summed E-state index contributed by atoms with van der Waals surface area (Å²) in [6.45, 7) is 26.4. The molecule has 0 spiro atoms. The van der Waals surface area contributed by atoms with E-state index in [4.69, 9.17) is 0 Å². The van der Waals surface area contributed by atoms with Crippen LogP contribution in [0.25, 0.3) is 0 Å². The molecule has 1 aliphatic heterocycles. The molecule has 1 aliphatic rings. The number of quaternary nitrogens is 2. The Morgan fingerprint density at radius 1 is 0.500 bits per heavy atom.